The Bertz CT molecular complexity index is 629. The highest BCUT2D eigenvalue weighted by Crippen LogP contribution is 2.22. The summed E-state index contributed by atoms with van der Waals surface area (Å²) in [4.78, 5) is 13.5. The summed E-state index contributed by atoms with van der Waals surface area (Å²) in [6, 6.07) is 9.85. The largest absolute Gasteiger partial charge is 0.508 e. The second-order valence-electron chi connectivity index (χ2n) is 4.12. The molecule has 98 valence electrons. The summed E-state index contributed by atoms with van der Waals surface area (Å²) in [6.45, 7) is 0. The molecule has 0 saturated carbocycles. The first kappa shape index (κ1) is 12.9. The van der Waals surface area contributed by atoms with Crippen molar-refractivity contribution >= 4 is 17.3 Å². The van der Waals surface area contributed by atoms with E-state index in [4.69, 9.17) is 5.73 Å². The molecule has 5 heteroatoms. The van der Waals surface area contributed by atoms with Crippen molar-refractivity contribution in [3.05, 3.63) is 53.8 Å². The van der Waals surface area contributed by atoms with Gasteiger partial charge in [0, 0.05) is 24.5 Å². The van der Waals surface area contributed by atoms with Crippen LogP contribution in [0.1, 0.15) is 10.4 Å². The van der Waals surface area contributed by atoms with Gasteiger partial charge in [0.1, 0.15) is 11.6 Å². The monoisotopic (exact) mass is 260 g/mol. The van der Waals surface area contributed by atoms with Crippen LogP contribution >= 0.6 is 0 Å². The highest BCUT2D eigenvalue weighted by Gasteiger charge is 2.17. The fourth-order valence-corrected chi connectivity index (χ4v) is 1.71. The van der Waals surface area contributed by atoms with Crippen LogP contribution in [0, 0.1) is 5.82 Å². The minimum Gasteiger partial charge on any atom is -0.508 e. The van der Waals surface area contributed by atoms with Crippen molar-refractivity contribution in [3.8, 4) is 5.75 Å². The molecule has 0 aliphatic rings. The second kappa shape index (κ2) is 4.97. The summed E-state index contributed by atoms with van der Waals surface area (Å²) in [7, 11) is 1.53. The molecule has 2 aromatic rings. The van der Waals surface area contributed by atoms with Crippen LogP contribution in [-0.2, 0) is 0 Å². The zero-order valence-corrected chi connectivity index (χ0v) is 10.3. The maximum Gasteiger partial charge on any atom is 0.260 e. The van der Waals surface area contributed by atoms with Crippen molar-refractivity contribution in [2.24, 2.45) is 0 Å². The summed E-state index contributed by atoms with van der Waals surface area (Å²) in [6.07, 6.45) is 0. The van der Waals surface area contributed by atoms with Crippen LogP contribution in [0.3, 0.4) is 0 Å². The fraction of sp³-hybridized carbons (Fsp3) is 0.0714. The molecule has 0 unspecified atom stereocenters. The molecule has 0 aliphatic heterocycles. The summed E-state index contributed by atoms with van der Waals surface area (Å²) in [5.41, 5.74) is 6.46. The molecule has 19 heavy (non-hydrogen) atoms. The van der Waals surface area contributed by atoms with Crippen molar-refractivity contribution in [1.82, 2.24) is 0 Å². The van der Waals surface area contributed by atoms with E-state index in [9.17, 15) is 14.3 Å². The Morgan fingerprint density at radius 3 is 2.68 bits per heavy atom. The number of anilines is 2. The van der Waals surface area contributed by atoms with Crippen LogP contribution in [0.4, 0.5) is 15.8 Å². The Hall–Kier alpha value is -2.56. The number of nitrogens with zero attached hydrogens (tertiary/aromatic N) is 1. The van der Waals surface area contributed by atoms with Crippen LogP contribution in [0.5, 0.6) is 5.75 Å². The second-order valence-corrected chi connectivity index (χ2v) is 4.12. The average Bonchev–Trinajstić information content (AvgIpc) is 2.40. The van der Waals surface area contributed by atoms with E-state index in [1.165, 1.54) is 36.2 Å². The highest BCUT2D eigenvalue weighted by atomic mass is 19.1. The summed E-state index contributed by atoms with van der Waals surface area (Å²) in [5, 5.41) is 9.39. The van der Waals surface area contributed by atoms with Crippen molar-refractivity contribution in [3.63, 3.8) is 0 Å². The molecule has 2 rings (SSSR count). The van der Waals surface area contributed by atoms with Crippen LogP contribution in [-0.4, -0.2) is 18.1 Å². The van der Waals surface area contributed by atoms with Crippen LogP contribution < -0.4 is 10.6 Å². The van der Waals surface area contributed by atoms with Crippen LogP contribution in [0.25, 0.3) is 0 Å². The zero-order valence-electron chi connectivity index (χ0n) is 10.3. The molecule has 0 saturated heterocycles. The quantitative estimate of drug-likeness (QED) is 0.815. The summed E-state index contributed by atoms with van der Waals surface area (Å²) in [5.74, 6) is -0.922. The number of carbonyl (C=O) groups excluding carboxylic acids is 1. The molecule has 0 radical (unpaired) electrons. The van der Waals surface area contributed by atoms with Gasteiger partial charge in [0.15, 0.2) is 0 Å². The Morgan fingerprint density at radius 2 is 2.00 bits per heavy atom. The third-order valence-electron chi connectivity index (χ3n) is 2.77. The molecular weight excluding hydrogens is 247 g/mol. The molecule has 0 aromatic heterocycles. The summed E-state index contributed by atoms with van der Waals surface area (Å²) < 4.78 is 13.2. The van der Waals surface area contributed by atoms with Gasteiger partial charge in [0.25, 0.3) is 5.91 Å². The Labute approximate surface area is 109 Å². The van der Waals surface area contributed by atoms with E-state index in [1.807, 2.05) is 0 Å². The lowest BCUT2D eigenvalue weighted by Gasteiger charge is -2.18. The Kier molecular flexibility index (Phi) is 3.37. The van der Waals surface area contributed by atoms with E-state index in [1.54, 1.807) is 12.1 Å². The number of rotatable bonds is 2. The third-order valence-corrected chi connectivity index (χ3v) is 2.77. The molecule has 0 bridgehead atoms. The number of hydrogen-bond acceptors (Lipinski definition) is 3. The first-order valence-electron chi connectivity index (χ1n) is 5.61. The lowest BCUT2D eigenvalue weighted by Crippen LogP contribution is -2.27. The SMILES string of the molecule is CN(C(=O)c1cc(F)ccc1N)c1cccc(O)c1. The number of benzene rings is 2. The molecule has 0 atom stereocenters. The number of nitrogens with two attached hydrogens (primary N) is 1. The van der Waals surface area contributed by atoms with Gasteiger partial charge in [-0.2, -0.15) is 0 Å². The number of phenolic OH excluding ortho intramolecular Hbond substituents is 1. The first-order chi connectivity index (χ1) is 8.99. The van der Waals surface area contributed by atoms with Gasteiger partial charge in [-0.05, 0) is 30.3 Å². The number of carbonyl (C=O) groups is 1. The molecule has 1 amide bonds. The topological polar surface area (TPSA) is 66.6 Å². The predicted octanol–water partition coefficient (Wildman–Crippen LogP) is 2.39. The van der Waals surface area contributed by atoms with Crippen molar-refractivity contribution < 1.29 is 14.3 Å². The first-order valence-corrected chi connectivity index (χ1v) is 5.61. The normalized spacial score (nSPS) is 10.2. The Balaban J connectivity index is 2.36. The van der Waals surface area contributed by atoms with E-state index in [0.717, 1.165) is 6.07 Å². The van der Waals surface area contributed by atoms with E-state index in [0.29, 0.717) is 5.69 Å². The highest BCUT2D eigenvalue weighted by molar-refractivity contribution is 6.09. The van der Waals surface area contributed by atoms with Gasteiger partial charge in [-0.1, -0.05) is 6.07 Å². The zero-order chi connectivity index (χ0) is 14.0. The van der Waals surface area contributed by atoms with E-state index in [2.05, 4.69) is 0 Å². The minimum atomic E-state index is -0.526. The molecule has 0 heterocycles. The van der Waals surface area contributed by atoms with Gasteiger partial charge in [-0.3, -0.25) is 4.79 Å². The minimum absolute atomic E-state index is 0.0457. The number of amides is 1. The Morgan fingerprint density at radius 1 is 1.26 bits per heavy atom. The lowest BCUT2D eigenvalue weighted by molar-refractivity contribution is 0.0993. The van der Waals surface area contributed by atoms with E-state index < -0.39 is 11.7 Å². The van der Waals surface area contributed by atoms with E-state index >= 15 is 0 Å². The summed E-state index contributed by atoms with van der Waals surface area (Å²) >= 11 is 0. The van der Waals surface area contributed by atoms with Gasteiger partial charge in [-0.25, -0.2) is 4.39 Å². The standard InChI is InChI=1S/C14H13FN2O2/c1-17(10-3-2-4-11(18)8-10)14(19)12-7-9(15)5-6-13(12)16/h2-8,18H,16H2,1H3. The molecule has 4 nitrogen and oxygen atoms in total. The van der Waals surface area contributed by atoms with Crippen molar-refractivity contribution in [2.45, 2.75) is 0 Å². The average molecular weight is 260 g/mol. The van der Waals surface area contributed by atoms with Crippen LogP contribution in [0.15, 0.2) is 42.5 Å². The fourth-order valence-electron chi connectivity index (χ4n) is 1.71. The molecule has 0 spiro atoms. The molecule has 2 aromatic carbocycles. The van der Waals surface area contributed by atoms with Crippen LogP contribution in [0.2, 0.25) is 0 Å². The van der Waals surface area contributed by atoms with Gasteiger partial charge >= 0.3 is 0 Å². The lowest BCUT2D eigenvalue weighted by atomic mass is 10.1. The van der Waals surface area contributed by atoms with Gasteiger partial charge < -0.3 is 15.7 Å². The van der Waals surface area contributed by atoms with Gasteiger partial charge in [-0.15, -0.1) is 0 Å². The predicted molar refractivity (Wildman–Crippen MR) is 71.7 cm³/mol. The number of nitrogen functional groups attached to an aromatic ring is 1. The van der Waals surface area contributed by atoms with Gasteiger partial charge in [0.2, 0.25) is 0 Å². The maximum atomic E-state index is 13.2. The number of aromatic hydroxyl groups is 1. The van der Waals surface area contributed by atoms with Gasteiger partial charge in [0.05, 0.1) is 5.56 Å². The number of hydrogen-bond donors (Lipinski definition) is 2. The number of phenols is 1. The molecular formula is C14H13FN2O2. The smallest absolute Gasteiger partial charge is 0.260 e. The molecule has 0 fully saturated rings. The van der Waals surface area contributed by atoms with Crippen molar-refractivity contribution in [2.75, 3.05) is 17.7 Å². The molecule has 0 aliphatic carbocycles. The molecule has 3 N–H and O–H groups in total. The van der Waals surface area contributed by atoms with Crippen molar-refractivity contribution in [1.29, 1.82) is 0 Å². The third kappa shape index (κ3) is 2.65. The maximum absolute atomic E-state index is 13.2. The van der Waals surface area contributed by atoms with E-state index in [-0.39, 0.29) is 17.0 Å². The number of halogens is 1.